The van der Waals surface area contributed by atoms with Crippen LogP contribution in [0.1, 0.15) is 19.3 Å². The first-order valence-corrected chi connectivity index (χ1v) is 8.78. The molecule has 1 aromatic carbocycles. The molecule has 2 heterocycles. The maximum absolute atomic E-state index is 5.46. The van der Waals surface area contributed by atoms with E-state index in [4.69, 9.17) is 5.73 Å². The van der Waals surface area contributed by atoms with E-state index in [1.807, 2.05) is 6.20 Å². The Kier molecular flexibility index (Phi) is 5.93. The maximum atomic E-state index is 5.46. The fraction of sp³-hybridized carbons (Fsp3) is 0.368. The Morgan fingerprint density at radius 2 is 1.75 bits per heavy atom. The van der Waals surface area contributed by atoms with Gasteiger partial charge in [-0.1, -0.05) is 24.6 Å². The van der Waals surface area contributed by atoms with Crippen LogP contribution < -0.4 is 16.4 Å². The number of nitrogens with two attached hydrogens (primary N) is 1. The van der Waals surface area contributed by atoms with Crippen LogP contribution in [-0.4, -0.2) is 36.1 Å². The molecule has 2 aromatic heterocycles. The summed E-state index contributed by atoms with van der Waals surface area (Å²) in [6.07, 6.45) is 9.78. The van der Waals surface area contributed by atoms with E-state index in [0.717, 1.165) is 19.6 Å². The second-order valence-corrected chi connectivity index (χ2v) is 6.06. The van der Waals surface area contributed by atoms with Gasteiger partial charge in [-0.15, -0.1) is 0 Å². The fourth-order valence-corrected chi connectivity index (χ4v) is 3.03. The molecule has 0 atom stereocenters. The van der Waals surface area contributed by atoms with Gasteiger partial charge in [0.25, 0.3) is 0 Å². The Hall–Kier alpha value is -2.24. The Bertz CT molecular complexity index is 743. The van der Waals surface area contributed by atoms with E-state index in [0.29, 0.717) is 6.54 Å². The minimum absolute atomic E-state index is 0.714. The molecule has 0 fully saturated rings. The van der Waals surface area contributed by atoms with E-state index in [1.165, 1.54) is 47.0 Å². The monoisotopic (exact) mass is 325 g/mol. The van der Waals surface area contributed by atoms with Gasteiger partial charge in [0.1, 0.15) is 0 Å². The lowest BCUT2D eigenvalue weighted by Gasteiger charge is -2.08. The molecule has 0 radical (unpaired) electrons. The van der Waals surface area contributed by atoms with Crippen molar-refractivity contribution >= 4 is 16.6 Å². The molecule has 5 heteroatoms. The van der Waals surface area contributed by atoms with Crippen molar-refractivity contribution in [1.29, 1.82) is 0 Å². The highest BCUT2D eigenvalue weighted by atomic mass is 14.9. The summed E-state index contributed by atoms with van der Waals surface area (Å²) in [5, 5.41) is 8.15. The zero-order valence-electron chi connectivity index (χ0n) is 14.1. The normalized spacial score (nSPS) is 11.2. The number of hydrogen-bond acceptors (Lipinski definition) is 3. The largest absolute Gasteiger partial charge is 0.383 e. The topological polar surface area (TPSA) is 81.7 Å². The third-order valence-corrected chi connectivity index (χ3v) is 4.29. The summed E-state index contributed by atoms with van der Waals surface area (Å²) in [6.45, 7) is 3.67. The van der Waals surface area contributed by atoms with Gasteiger partial charge in [-0.05, 0) is 25.5 Å². The summed E-state index contributed by atoms with van der Waals surface area (Å²) in [6, 6.07) is 8.41. The summed E-state index contributed by atoms with van der Waals surface area (Å²) in [4.78, 5) is 6.58. The molecule has 128 valence electrons. The molecule has 0 bridgehead atoms. The highest BCUT2D eigenvalue weighted by Crippen LogP contribution is 2.33. The minimum atomic E-state index is 0.714. The molecule has 0 aliphatic heterocycles. The van der Waals surface area contributed by atoms with Crippen molar-refractivity contribution in [3.8, 4) is 11.1 Å². The lowest BCUT2D eigenvalue weighted by molar-refractivity contribution is 0.615. The molecule has 0 aliphatic rings. The number of aromatic nitrogens is 2. The first-order valence-electron chi connectivity index (χ1n) is 8.78. The van der Waals surface area contributed by atoms with Gasteiger partial charge < -0.3 is 26.3 Å². The van der Waals surface area contributed by atoms with Crippen molar-refractivity contribution in [3.63, 3.8) is 0 Å². The van der Waals surface area contributed by atoms with Gasteiger partial charge in [0.15, 0.2) is 0 Å². The van der Waals surface area contributed by atoms with Crippen LogP contribution in [-0.2, 0) is 0 Å². The van der Waals surface area contributed by atoms with Gasteiger partial charge >= 0.3 is 0 Å². The van der Waals surface area contributed by atoms with Crippen LogP contribution in [0.3, 0.4) is 0 Å². The average Bonchev–Trinajstić information content (AvgIpc) is 3.23. The van der Waals surface area contributed by atoms with E-state index < -0.39 is 0 Å². The average molecular weight is 325 g/mol. The van der Waals surface area contributed by atoms with Crippen molar-refractivity contribution in [2.45, 2.75) is 19.3 Å². The van der Waals surface area contributed by atoms with E-state index in [1.54, 1.807) is 0 Å². The number of unbranched alkanes of at least 4 members (excludes halogenated alkanes) is 2. The first kappa shape index (κ1) is 16.6. The SMILES string of the molecule is NCCNCCCCCNc1c[nH]cc1-c1c[nH]c2ccccc12. The second-order valence-electron chi connectivity index (χ2n) is 6.06. The number of anilines is 1. The Morgan fingerprint density at radius 3 is 2.67 bits per heavy atom. The predicted octanol–water partition coefficient (Wildman–Crippen LogP) is 3.29. The number of aromatic amines is 2. The molecule has 0 saturated heterocycles. The molecule has 3 aromatic rings. The quantitative estimate of drug-likeness (QED) is 0.371. The Morgan fingerprint density at radius 1 is 0.875 bits per heavy atom. The molecule has 24 heavy (non-hydrogen) atoms. The van der Waals surface area contributed by atoms with Gasteiger partial charge in [-0.2, -0.15) is 0 Å². The van der Waals surface area contributed by atoms with Gasteiger partial charge in [0.2, 0.25) is 0 Å². The fourth-order valence-electron chi connectivity index (χ4n) is 3.03. The van der Waals surface area contributed by atoms with E-state index >= 15 is 0 Å². The highest BCUT2D eigenvalue weighted by molar-refractivity contribution is 5.98. The molecule has 0 amide bonds. The minimum Gasteiger partial charge on any atom is -0.383 e. The summed E-state index contributed by atoms with van der Waals surface area (Å²) in [7, 11) is 0. The van der Waals surface area contributed by atoms with Crippen LogP contribution >= 0.6 is 0 Å². The van der Waals surface area contributed by atoms with Crippen molar-refractivity contribution in [3.05, 3.63) is 42.9 Å². The summed E-state index contributed by atoms with van der Waals surface area (Å²) in [5.74, 6) is 0. The molecule has 5 nitrogen and oxygen atoms in total. The second kappa shape index (κ2) is 8.57. The van der Waals surface area contributed by atoms with Crippen LogP contribution in [0.25, 0.3) is 22.0 Å². The zero-order valence-corrected chi connectivity index (χ0v) is 14.1. The van der Waals surface area contributed by atoms with Gasteiger partial charge in [-0.3, -0.25) is 0 Å². The number of fused-ring (bicyclic) bond motifs is 1. The third-order valence-electron chi connectivity index (χ3n) is 4.29. The van der Waals surface area contributed by atoms with Crippen LogP contribution in [0, 0.1) is 0 Å². The molecule has 0 spiro atoms. The molecule has 3 rings (SSSR count). The van der Waals surface area contributed by atoms with Crippen molar-refractivity contribution < 1.29 is 0 Å². The molecule has 0 saturated carbocycles. The van der Waals surface area contributed by atoms with Crippen molar-refractivity contribution in [1.82, 2.24) is 15.3 Å². The van der Waals surface area contributed by atoms with Crippen molar-refractivity contribution in [2.24, 2.45) is 5.73 Å². The molecule has 0 unspecified atom stereocenters. The van der Waals surface area contributed by atoms with Gasteiger partial charge in [0.05, 0.1) is 5.69 Å². The lowest BCUT2D eigenvalue weighted by Crippen LogP contribution is -2.23. The summed E-state index contributed by atoms with van der Waals surface area (Å²) < 4.78 is 0. The lowest BCUT2D eigenvalue weighted by atomic mass is 10.1. The summed E-state index contributed by atoms with van der Waals surface area (Å²) >= 11 is 0. The van der Waals surface area contributed by atoms with E-state index in [-0.39, 0.29) is 0 Å². The van der Waals surface area contributed by atoms with Crippen LogP contribution in [0.5, 0.6) is 0 Å². The molecular formula is C19H27N5. The zero-order chi connectivity index (χ0) is 16.6. The number of H-pyrrole nitrogens is 2. The molecule has 6 N–H and O–H groups in total. The number of nitrogens with one attached hydrogen (secondary N) is 4. The maximum Gasteiger partial charge on any atom is 0.0598 e. The smallest absolute Gasteiger partial charge is 0.0598 e. The standard InChI is InChI=1S/C19H27N5/c20-8-11-21-9-4-1-5-10-23-19-14-22-12-17(19)16-13-24-18-7-3-2-6-15(16)18/h2-3,6-7,12-14,21-24H,1,4-5,8-11,20H2. The van der Waals surface area contributed by atoms with E-state index in [9.17, 15) is 0 Å². The Balaban J connectivity index is 1.53. The van der Waals surface area contributed by atoms with Crippen molar-refractivity contribution in [2.75, 3.05) is 31.5 Å². The number of rotatable bonds is 10. The molecule has 0 aliphatic carbocycles. The number of hydrogen-bond donors (Lipinski definition) is 5. The van der Waals surface area contributed by atoms with Crippen LogP contribution in [0.15, 0.2) is 42.9 Å². The first-order chi connectivity index (χ1) is 11.9. The summed E-state index contributed by atoms with van der Waals surface area (Å²) in [5.41, 5.74) is 10.3. The number of benzene rings is 1. The van der Waals surface area contributed by atoms with Crippen LogP contribution in [0.4, 0.5) is 5.69 Å². The predicted molar refractivity (Wildman–Crippen MR) is 102 cm³/mol. The molecular weight excluding hydrogens is 298 g/mol. The highest BCUT2D eigenvalue weighted by Gasteiger charge is 2.10. The number of para-hydroxylation sites is 1. The van der Waals surface area contributed by atoms with Gasteiger partial charge in [-0.25, -0.2) is 0 Å². The Labute approximate surface area is 143 Å². The third kappa shape index (κ3) is 3.99. The van der Waals surface area contributed by atoms with E-state index in [2.05, 4.69) is 57.3 Å². The van der Waals surface area contributed by atoms with Crippen LogP contribution in [0.2, 0.25) is 0 Å². The van der Waals surface area contributed by atoms with Gasteiger partial charge in [0, 0.05) is 60.3 Å².